The maximum absolute atomic E-state index is 13.4. The molecule has 0 unspecified atom stereocenters. The third kappa shape index (κ3) is 6.16. The monoisotopic (exact) mass is 547 g/mol. The summed E-state index contributed by atoms with van der Waals surface area (Å²) in [7, 11) is -4.33. The fourth-order valence-electron chi connectivity index (χ4n) is 3.91. The second-order valence-corrected chi connectivity index (χ2v) is 10.9. The van der Waals surface area contributed by atoms with Crippen LogP contribution in [0.2, 0.25) is 0 Å². The predicted molar refractivity (Wildman–Crippen MR) is 137 cm³/mol. The number of nitrogens with zero attached hydrogens (tertiary/aromatic N) is 1. The van der Waals surface area contributed by atoms with Crippen molar-refractivity contribution in [1.29, 1.82) is 0 Å². The van der Waals surface area contributed by atoms with E-state index in [1.165, 1.54) is 24.3 Å². The van der Waals surface area contributed by atoms with Gasteiger partial charge in [-0.25, -0.2) is 12.8 Å². The number of benzene rings is 3. The Kier molecular flexibility index (Phi) is 7.50. The highest BCUT2D eigenvalue weighted by atomic mass is 32.2. The van der Waals surface area contributed by atoms with Gasteiger partial charge < -0.3 is 9.88 Å². The summed E-state index contributed by atoms with van der Waals surface area (Å²) in [6.07, 6.45) is -4.69. The van der Waals surface area contributed by atoms with Crippen LogP contribution in [0, 0.1) is 11.7 Å². The van der Waals surface area contributed by atoms with E-state index in [0.717, 1.165) is 23.8 Å². The van der Waals surface area contributed by atoms with E-state index < -0.39 is 32.5 Å². The fraction of sp³-hybridized carbons (Fsp3) is 0.222. The van der Waals surface area contributed by atoms with Crippen LogP contribution in [0.25, 0.3) is 10.9 Å². The molecule has 4 aromatic rings. The molecular weight excluding hydrogens is 522 g/mol. The van der Waals surface area contributed by atoms with Crippen LogP contribution in [-0.2, 0) is 22.7 Å². The van der Waals surface area contributed by atoms with Gasteiger partial charge in [0.15, 0.2) is 0 Å². The zero-order valence-corrected chi connectivity index (χ0v) is 21.3. The van der Waals surface area contributed by atoms with Gasteiger partial charge in [-0.2, -0.15) is 13.2 Å². The molecule has 11 heteroatoms. The highest BCUT2D eigenvalue weighted by Gasteiger charge is 2.31. The molecule has 1 amide bonds. The number of anilines is 1. The molecule has 4 rings (SSSR count). The summed E-state index contributed by atoms with van der Waals surface area (Å²) in [4.78, 5) is 12.5. The Balaban J connectivity index is 1.70. The first kappa shape index (κ1) is 27.2. The molecule has 2 N–H and O–H groups in total. The molecule has 0 radical (unpaired) electrons. The van der Waals surface area contributed by atoms with Crippen LogP contribution in [0.15, 0.2) is 77.7 Å². The van der Waals surface area contributed by atoms with Crippen molar-refractivity contribution in [2.24, 2.45) is 5.92 Å². The average Bonchev–Trinajstić information content (AvgIpc) is 3.20. The van der Waals surface area contributed by atoms with Crippen LogP contribution in [0.1, 0.15) is 35.5 Å². The van der Waals surface area contributed by atoms with E-state index in [1.54, 1.807) is 28.8 Å². The van der Waals surface area contributed by atoms with E-state index in [4.69, 9.17) is 0 Å². The van der Waals surface area contributed by atoms with Gasteiger partial charge in [0.1, 0.15) is 11.5 Å². The molecule has 1 aromatic heterocycles. The highest BCUT2D eigenvalue weighted by Crippen LogP contribution is 2.31. The van der Waals surface area contributed by atoms with E-state index in [9.17, 15) is 30.8 Å². The lowest BCUT2D eigenvalue weighted by Crippen LogP contribution is -2.29. The number of hydrogen-bond acceptors (Lipinski definition) is 3. The topological polar surface area (TPSA) is 80.2 Å². The number of hydrogen-bond donors (Lipinski definition) is 2. The number of nitrogens with one attached hydrogen (secondary N) is 2. The van der Waals surface area contributed by atoms with Crippen molar-refractivity contribution in [3.63, 3.8) is 0 Å². The first-order chi connectivity index (χ1) is 17.8. The minimum atomic E-state index is -4.69. The van der Waals surface area contributed by atoms with Crippen LogP contribution in [0.4, 0.5) is 23.2 Å². The second-order valence-electron chi connectivity index (χ2n) is 9.25. The number of carbonyl (C=O) groups is 1. The van der Waals surface area contributed by atoms with Crippen molar-refractivity contribution in [3.05, 3.63) is 95.4 Å². The lowest BCUT2D eigenvalue weighted by Gasteiger charge is -2.13. The summed E-state index contributed by atoms with van der Waals surface area (Å²) in [6.45, 7) is 4.61. The van der Waals surface area contributed by atoms with Crippen molar-refractivity contribution in [2.45, 2.75) is 31.5 Å². The number of amides is 1. The van der Waals surface area contributed by atoms with Crippen molar-refractivity contribution in [1.82, 2.24) is 9.88 Å². The zero-order valence-electron chi connectivity index (χ0n) is 20.5. The molecule has 38 heavy (non-hydrogen) atoms. The van der Waals surface area contributed by atoms with Crippen LogP contribution < -0.4 is 10.0 Å². The molecule has 0 fully saturated rings. The Hall–Kier alpha value is -3.86. The molecule has 0 aliphatic carbocycles. The van der Waals surface area contributed by atoms with E-state index >= 15 is 0 Å². The number of aromatic nitrogens is 1. The minimum absolute atomic E-state index is 0.114. The molecule has 0 aliphatic heterocycles. The predicted octanol–water partition coefficient (Wildman–Crippen LogP) is 6.03. The van der Waals surface area contributed by atoms with Gasteiger partial charge in [-0.05, 0) is 66.1 Å². The first-order valence-electron chi connectivity index (χ1n) is 11.7. The van der Waals surface area contributed by atoms with E-state index in [1.807, 2.05) is 13.8 Å². The maximum Gasteiger partial charge on any atom is 0.416 e. The number of sulfonamides is 1. The highest BCUT2D eigenvalue weighted by molar-refractivity contribution is 7.92. The van der Waals surface area contributed by atoms with Gasteiger partial charge in [-0.15, -0.1) is 0 Å². The van der Waals surface area contributed by atoms with Gasteiger partial charge >= 0.3 is 6.18 Å². The molecule has 0 saturated carbocycles. The molecule has 0 saturated heterocycles. The van der Waals surface area contributed by atoms with Gasteiger partial charge in [-0.1, -0.05) is 32.0 Å². The summed E-state index contributed by atoms with van der Waals surface area (Å²) in [5.41, 5.74) is 0.721. The van der Waals surface area contributed by atoms with Crippen molar-refractivity contribution in [3.8, 4) is 0 Å². The number of halogens is 4. The Labute approximate surface area is 217 Å². The van der Waals surface area contributed by atoms with Crippen molar-refractivity contribution >= 4 is 32.5 Å². The summed E-state index contributed by atoms with van der Waals surface area (Å²) >= 11 is 0. The third-order valence-corrected chi connectivity index (χ3v) is 7.16. The van der Waals surface area contributed by atoms with E-state index in [0.29, 0.717) is 29.2 Å². The molecule has 0 bridgehead atoms. The smallest absolute Gasteiger partial charge is 0.351 e. The fourth-order valence-corrected chi connectivity index (χ4v) is 5.00. The Morgan fingerprint density at radius 2 is 1.68 bits per heavy atom. The Bertz CT molecular complexity index is 1580. The Morgan fingerprint density at radius 1 is 0.974 bits per heavy atom. The molecule has 0 spiro atoms. The number of rotatable bonds is 8. The molecule has 3 aromatic carbocycles. The van der Waals surface area contributed by atoms with Crippen molar-refractivity contribution < 1.29 is 30.8 Å². The third-order valence-electron chi connectivity index (χ3n) is 5.78. The van der Waals surface area contributed by atoms with E-state index in [-0.39, 0.29) is 24.1 Å². The standard InChI is InChI=1S/C27H25F4N3O3S/c1-17(2)15-32-26(35)25-13-19-12-22(10-11-24(19)34(25)16-18-6-8-21(28)9-7-18)33-38(36,37)23-5-3-4-20(14-23)27(29,30)31/h3-14,17,33H,15-16H2,1-2H3,(H,32,35). The summed E-state index contributed by atoms with van der Waals surface area (Å²) in [5.74, 6) is -0.507. The van der Waals surface area contributed by atoms with Gasteiger partial charge in [0, 0.05) is 29.7 Å². The second kappa shape index (κ2) is 10.5. The SMILES string of the molecule is CC(C)CNC(=O)c1cc2cc(NS(=O)(=O)c3cccc(C(F)(F)F)c3)ccc2n1Cc1ccc(F)cc1. The van der Waals surface area contributed by atoms with Gasteiger partial charge in [0.05, 0.1) is 10.5 Å². The normalized spacial score (nSPS) is 12.2. The average molecular weight is 548 g/mol. The minimum Gasteiger partial charge on any atom is -0.351 e. The maximum atomic E-state index is 13.4. The molecule has 200 valence electrons. The first-order valence-corrected chi connectivity index (χ1v) is 13.2. The number of alkyl halides is 3. The summed E-state index contributed by atoms with van der Waals surface area (Å²) in [5, 5.41) is 3.40. The molecule has 0 aliphatic rings. The molecule has 1 heterocycles. The zero-order chi connectivity index (χ0) is 27.7. The molecular formula is C27H25F4N3O3S. The largest absolute Gasteiger partial charge is 0.416 e. The number of fused-ring (bicyclic) bond motifs is 1. The quantitative estimate of drug-likeness (QED) is 0.264. The lowest BCUT2D eigenvalue weighted by molar-refractivity contribution is -0.137. The summed E-state index contributed by atoms with van der Waals surface area (Å²) in [6, 6.07) is 15.5. The van der Waals surface area contributed by atoms with Crippen LogP contribution in [0.5, 0.6) is 0 Å². The van der Waals surface area contributed by atoms with Gasteiger partial charge in [0.2, 0.25) is 0 Å². The van der Waals surface area contributed by atoms with Crippen LogP contribution >= 0.6 is 0 Å². The lowest BCUT2D eigenvalue weighted by atomic mass is 10.2. The summed E-state index contributed by atoms with van der Waals surface area (Å²) < 4.78 is 82.3. The van der Waals surface area contributed by atoms with Gasteiger partial charge in [-0.3, -0.25) is 9.52 Å². The van der Waals surface area contributed by atoms with Crippen LogP contribution in [-0.4, -0.2) is 25.4 Å². The Morgan fingerprint density at radius 3 is 2.34 bits per heavy atom. The van der Waals surface area contributed by atoms with Crippen molar-refractivity contribution in [2.75, 3.05) is 11.3 Å². The van der Waals surface area contributed by atoms with Gasteiger partial charge in [0.25, 0.3) is 15.9 Å². The molecule has 0 atom stereocenters. The van der Waals surface area contributed by atoms with Crippen LogP contribution in [0.3, 0.4) is 0 Å². The molecule has 6 nitrogen and oxygen atoms in total. The number of carbonyl (C=O) groups excluding carboxylic acids is 1. The van der Waals surface area contributed by atoms with E-state index in [2.05, 4.69) is 10.0 Å².